The Balaban J connectivity index is 0.975. The second-order valence-corrected chi connectivity index (χ2v) is 21.5. The van der Waals surface area contributed by atoms with Gasteiger partial charge in [-0.05, 0) is 175 Å². The average molecular weight is 1070 g/mol. The highest BCUT2D eigenvalue weighted by atomic mass is 19.1. The molecule has 0 saturated heterocycles. The van der Waals surface area contributed by atoms with E-state index >= 15 is 8.78 Å². The SMILES string of the molecule is C=Cc1ccc(C2(c3ccc(F)cc3)c3ccccc3-c3ccc(N(c4ccccc4)c4cccc5oc6cccc(N(c7ccccc7)c7ccc8c(c7)C(c7ccc(F)cc7)(c7ccc(C=C)cc7)c7ccccc7-8)c6c45)cc32)cc1. The van der Waals surface area contributed by atoms with Crippen molar-refractivity contribution in [3.8, 4) is 22.3 Å². The Labute approximate surface area is 481 Å². The van der Waals surface area contributed by atoms with Crippen molar-refractivity contribution < 1.29 is 13.2 Å². The molecule has 2 atom stereocenters. The summed E-state index contributed by atoms with van der Waals surface area (Å²) in [6, 6.07) is 95.8. The van der Waals surface area contributed by atoms with E-state index in [1.54, 1.807) is 24.3 Å². The molecule has 3 nitrogen and oxygen atoms in total. The molecule has 0 N–H and O–H groups in total. The number of rotatable bonds is 12. The fourth-order valence-electron chi connectivity index (χ4n) is 13.7. The van der Waals surface area contributed by atoms with Crippen LogP contribution in [-0.2, 0) is 10.8 Å². The summed E-state index contributed by atoms with van der Waals surface area (Å²) in [5.74, 6) is -0.580. The van der Waals surface area contributed by atoms with E-state index in [9.17, 15) is 0 Å². The van der Waals surface area contributed by atoms with Crippen LogP contribution >= 0.6 is 0 Å². The summed E-state index contributed by atoms with van der Waals surface area (Å²) in [7, 11) is 0. The molecule has 0 fully saturated rings. The molecule has 0 aliphatic heterocycles. The molecule has 2 aliphatic carbocycles. The van der Waals surface area contributed by atoms with E-state index in [0.717, 1.165) is 134 Å². The van der Waals surface area contributed by atoms with E-state index in [1.807, 2.05) is 48.6 Å². The monoisotopic (exact) mass is 1070 g/mol. The van der Waals surface area contributed by atoms with Gasteiger partial charge in [0.15, 0.2) is 0 Å². The van der Waals surface area contributed by atoms with Crippen LogP contribution < -0.4 is 9.80 Å². The number of furan rings is 1. The molecule has 394 valence electrons. The summed E-state index contributed by atoms with van der Waals surface area (Å²) in [4.78, 5) is 4.70. The molecule has 1 aromatic heterocycles. The van der Waals surface area contributed by atoms with E-state index in [-0.39, 0.29) is 11.6 Å². The molecule has 2 aliphatic rings. The maximum absolute atomic E-state index is 15.1. The van der Waals surface area contributed by atoms with Gasteiger partial charge in [-0.3, -0.25) is 0 Å². The zero-order valence-electron chi connectivity index (χ0n) is 45.2. The van der Waals surface area contributed by atoms with Gasteiger partial charge in [-0.25, -0.2) is 8.78 Å². The van der Waals surface area contributed by atoms with Gasteiger partial charge in [0.05, 0.1) is 33.0 Å². The molecule has 0 spiro atoms. The molecule has 0 saturated carbocycles. The Kier molecular flexibility index (Phi) is 11.7. The van der Waals surface area contributed by atoms with Gasteiger partial charge in [0, 0.05) is 22.7 Å². The van der Waals surface area contributed by atoms with Gasteiger partial charge in [0.25, 0.3) is 0 Å². The van der Waals surface area contributed by atoms with Crippen molar-refractivity contribution >= 4 is 68.2 Å². The van der Waals surface area contributed by atoms with E-state index in [1.165, 1.54) is 0 Å². The minimum absolute atomic E-state index is 0.290. The molecule has 83 heavy (non-hydrogen) atoms. The first-order valence-corrected chi connectivity index (χ1v) is 28.0. The van der Waals surface area contributed by atoms with Crippen molar-refractivity contribution in [1.29, 1.82) is 0 Å². The van der Waals surface area contributed by atoms with Gasteiger partial charge in [0.1, 0.15) is 22.8 Å². The highest BCUT2D eigenvalue weighted by molar-refractivity contribution is 6.19. The van der Waals surface area contributed by atoms with Crippen molar-refractivity contribution in [3.63, 3.8) is 0 Å². The first kappa shape index (κ1) is 49.4. The fourth-order valence-corrected chi connectivity index (χ4v) is 13.7. The van der Waals surface area contributed by atoms with Crippen LogP contribution in [0.25, 0.3) is 56.3 Å². The summed E-state index contributed by atoms with van der Waals surface area (Å²) in [5, 5.41) is 1.88. The van der Waals surface area contributed by atoms with Gasteiger partial charge >= 0.3 is 0 Å². The van der Waals surface area contributed by atoms with E-state index in [0.29, 0.717) is 0 Å². The third-order valence-corrected chi connectivity index (χ3v) is 17.3. The predicted molar refractivity (Wildman–Crippen MR) is 338 cm³/mol. The number of fused-ring (bicyclic) bond motifs is 9. The molecule has 15 rings (SSSR count). The lowest BCUT2D eigenvalue weighted by atomic mass is 9.67. The van der Waals surface area contributed by atoms with Crippen LogP contribution in [-0.4, -0.2) is 0 Å². The summed E-state index contributed by atoms with van der Waals surface area (Å²) < 4.78 is 37.2. The zero-order valence-corrected chi connectivity index (χ0v) is 45.2. The third-order valence-electron chi connectivity index (χ3n) is 17.3. The highest BCUT2D eigenvalue weighted by Crippen LogP contribution is 2.60. The summed E-state index contributed by atoms with van der Waals surface area (Å²) in [6.45, 7) is 8.14. The lowest BCUT2D eigenvalue weighted by Crippen LogP contribution is -2.29. The highest BCUT2D eigenvalue weighted by Gasteiger charge is 2.48. The van der Waals surface area contributed by atoms with Gasteiger partial charge in [-0.15, -0.1) is 0 Å². The third kappa shape index (κ3) is 7.55. The summed E-state index contributed by atoms with van der Waals surface area (Å²) in [6.07, 6.45) is 3.73. The van der Waals surface area contributed by atoms with Crippen LogP contribution in [0.4, 0.5) is 42.9 Å². The van der Waals surface area contributed by atoms with Gasteiger partial charge in [-0.1, -0.05) is 207 Å². The van der Waals surface area contributed by atoms with Gasteiger partial charge < -0.3 is 14.2 Å². The van der Waals surface area contributed by atoms with Crippen LogP contribution in [0.3, 0.4) is 0 Å². The first-order valence-electron chi connectivity index (χ1n) is 28.0. The van der Waals surface area contributed by atoms with Crippen LogP contribution in [0.2, 0.25) is 0 Å². The van der Waals surface area contributed by atoms with Crippen LogP contribution in [0.1, 0.15) is 55.6 Å². The van der Waals surface area contributed by atoms with E-state index in [2.05, 4.69) is 241 Å². The Morgan fingerprint density at radius 3 is 1.05 bits per heavy atom. The van der Waals surface area contributed by atoms with E-state index in [4.69, 9.17) is 4.42 Å². The molecule has 0 bridgehead atoms. The van der Waals surface area contributed by atoms with Crippen LogP contribution in [0.15, 0.2) is 297 Å². The Morgan fingerprint density at radius 1 is 0.313 bits per heavy atom. The number of hydrogen-bond acceptors (Lipinski definition) is 3. The lowest BCUT2D eigenvalue weighted by molar-refractivity contribution is 0.624. The standard InChI is InChI=1S/C78H52F2N2O/c1-3-51-29-33-53(34-30-51)77(55-37-41-57(79)42-38-55)67-23-13-11-21-63(67)65-47-45-61(49-69(65)77)81(59-17-7-5-8-18-59)71-25-15-27-73-75(71)76-72(26-16-28-74(76)83-73)82(60-19-9-6-10-20-60)62-46-48-66-64-22-12-14-24-68(64)78(70(66)50-62,56-39-43-58(80)44-40-56)54-35-31-52(4-2)32-36-54/h3-50H,1-2H2. The largest absolute Gasteiger partial charge is 0.456 e. The maximum atomic E-state index is 15.1. The average Bonchev–Trinajstić information content (AvgIpc) is 3.19. The first-order chi connectivity index (χ1) is 40.9. The molecule has 2 unspecified atom stereocenters. The van der Waals surface area contributed by atoms with Crippen molar-refractivity contribution in [2.24, 2.45) is 0 Å². The Hall–Kier alpha value is -10.6. The number of benzene rings is 12. The number of halogens is 2. The summed E-state index contributed by atoms with van der Waals surface area (Å²) in [5.41, 5.74) is 20.5. The quantitative estimate of drug-likeness (QED) is 0.122. The molecule has 0 amide bonds. The minimum Gasteiger partial charge on any atom is -0.456 e. The second-order valence-electron chi connectivity index (χ2n) is 21.5. The Bertz CT molecular complexity index is 4370. The molecular weight excluding hydrogens is 1020 g/mol. The number of anilines is 6. The molecule has 0 radical (unpaired) electrons. The lowest BCUT2D eigenvalue weighted by Gasteiger charge is -2.35. The van der Waals surface area contributed by atoms with Crippen molar-refractivity contribution in [1.82, 2.24) is 0 Å². The van der Waals surface area contributed by atoms with Crippen molar-refractivity contribution in [3.05, 3.63) is 359 Å². The Morgan fingerprint density at radius 2 is 0.663 bits per heavy atom. The topological polar surface area (TPSA) is 19.6 Å². The van der Waals surface area contributed by atoms with Gasteiger partial charge in [0.2, 0.25) is 0 Å². The van der Waals surface area contributed by atoms with E-state index < -0.39 is 10.8 Å². The van der Waals surface area contributed by atoms with Gasteiger partial charge in [-0.2, -0.15) is 0 Å². The number of hydrogen-bond donors (Lipinski definition) is 0. The fraction of sp³-hybridized carbons (Fsp3) is 0.0256. The molecule has 1 heterocycles. The summed E-state index contributed by atoms with van der Waals surface area (Å²) >= 11 is 0. The maximum Gasteiger partial charge on any atom is 0.137 e. The van der Waals surface area contributed by atoms with Crippen molar-refractivity contribution in [2.45, 2.75) is 10.8 Å². The van der Waals surface area contributed by atoms with Crippen LogP contribution in [0, 0.1) is 11.6 Å². The van der Waals surface area contributed by atoms with Crippen LogP contribution in [0.5, 0.6) is 0 Å². The second kappa shape index (κ2) is 19.6. The number of para-hydroxylation sites is 2. The van der Waals surface area contributed by atoms with Crippen molar-refractivity contribution in [2.75, 3.05) is 9.80 Å². The normalized spacial score (nSPS) is 15.5. The molecular formula is C78H52F2N2O. The number of nitrogens with zero attached hydrogens (tertiary/aromatic N) is 2. The predicted octanol–water partition coefficient (Wildman–Crippen LogP) is 20.8. The molecule has 13 aromatic rings. The molecule has 12 aromatic carbocycles. The zero-order chi connectivity index (χ0) is 55.8. The minimum atomic E-state index is -0.810. The molecule has 5 heteroatoms. The smallest absolute Gasteiger partial charge is 0.137 e.